The molecule has 8 nitrogen and oxygen atoms in total. The number of aromatic nitrogens is 3. The largest absolute Gasteiger partial charge is 0.341 e. The van der Waals surface area contributed by atoms with E-state index in [2.05, 4.69) is 55.2 Å². The smallest absolute Gasteiger partial charge is 0.290 e. The monoisotopic (exact) mass is 494 g/mol. The van der Waals surface area contributed by atoms with Crippen LogP contribution >= 0.6 is 23.5 Å². The molecule has 1 atom stereocenters. The van der Waals surface area contributed by atoms with Gasteiger partial charge in [0, 0.05) is 25.8 Å². The Morgan fingerprint density at radius 1 is 1.18 bits per heavy atom. The van der Waals surface area contributed by atoms with E-state index in [9.17, 15) is 9.59 Å². The molecule has 2 aromatic rings. The van der Waals surface area contributed by atoms with Crippen LogP contribution in [0.3, 0.4) is 0 Å². The van der Waals surface area contributed by atoms with E-state index < -0.39 is 0 Å². The number of nitrogens with one attached hydrogen (secondary N) is 2. The third-order valence-corrected chi connectivity index (χ3v) is 7.99. The van der Waals surface area contributed by atoms with E-state index in [1.54, 1.807) is 18.3 Å². The highest BCUT2D eigenvalue weighted by Crippen LogP contribution is 2.37. The number of nitrogens with zero attached hydrogens (tertiary/aromatic N) is 4. The number of allylic oxidation sites excluding steroid dienone is 1. The molecule has 2 saturated heterocycles. The van der Waals surface area contributed by atoms with Crippen LogP contribution < -0.4 is 15.5 Å². The highest BCUT2D eigenvalue weighted by Gasteiger charge is 2.26. The molecule has 3 aliphatic rings. The van der Waals surface area contributed by atoms with Gasteiger partial charge < -0.3 is 10.2 Å². The summed E-state index contributed by atoms with van der Waals surface area (Å²) >= 11 is 2.74. The molecule has 0 aliphatic carbocycles. The van der Waals surface area contributed by atoms with E-state index in [0.717, 1.165) is 62.9 Å². The number of hydrogen-bond donors (Lipinski definition) is 2. The van der Waals surface area contributed by atoms with Crippen molar-refractivity contribution >= 4 is 46.7 Å². The Labute approximate surface area is 207 Å². The number of hydrogen-bond acceptors (Lipinski definition) is 9. The second-order valence-electron chi connectivity index (χ2n) is 8.48. The molecule has 1 unspecified atom stereocenters. The number of rotatable bonds is 7. The van der Waals surface area contributed by atoms with Crippen molar-refractivity contribution in [3.8, 4) is 0 Å². The minimum atomic E-state index is -0.375. The standard InChI is InChI=1S/C24H26N6O2S2/c31-22-21(34-24(32)29-22)13-17-6-9-26-23(28-17)30-10-7-16(8-11-30)14-25-15-18-3-1-4-19(27-18)20-5-2-12-33-20/h1-4,6,9,12-13,16,20,25H,5,7-8,10-11,14-15H2,(H,29,31,32)/b21-13-. The average molecular weight is 495 g/mol. The number of anilines is 1. The molecule has 0 radical (unpaired) electrons. The van der Waals surface area contributed by atoms with Crippen LogP contribution in [0.15, 0.2) is 46.9 Å². The first-order chi connectivity index (χ1) is 16.6. The van der Waals surface area contributed by atoms with Crippen molar-refractivity contribution in [2.45, 2.75) is 31.1 Å². The number of amides is 2. The van der Waals surface area contributed by atoms with Gasteiger partial charge in [-0.3, -0.25) is 19.9 Å². The summed E-state index contributed by atoms with van der Waals surface area (Å²) in [5.74, 6) is 0.888. The van der Waals surface area contributed by atoms with Gasteiger partial charge in [-0.1, -0.05) is 12.1 Å². The molecular formula is C24H26N6O2S2. The lowest BCUT2D eigenvalue weighted by atomic mass is 9.97. The van der Waals surface area contributed by atoms with Crippen LogP contribution in [-0.2, 0) is 11.3 Å². The van der Waals surface area contributed by atoms with Crippen LogP contribution in [0.4, 0.5) is 10.7 Å². The van der Waals surface area contributed by atoms with Crippen molar-refractivity contribution in [2.24, 2.45) is 5.92 Å². The summed E-state index contributed by atoms with van der Waals surface area (Å²) < 4.78 is 0. The predicted octanol–water partition coefficient (Wildman–Crippen LogP) is 3.89. The third kappa shape index (κ3) is 5.68. The normalized spacial score (nSPS) is 22.1. The molecule has 2 fully saturated rings. The Morgan fingerprint density at radius 3 is 2.82 bits per heavy atom. The molecule has 2 aromatic heterocycles. The SMILES string of the molecule is O=C1NC(=O)/C(=C/c2ccnc(N3CCC(CNCc4cccc(C5CC=CS5)n4)CC3)n2)S1. The first-order valence-electron chi connectivity index (χ1n) is 11.4. The lowest BCUT2D eigenvalue weighted by molar-refractivity contribution is -0.115. The topological polar surface area (TPSA) is 100 Å². The van der Waals surface area contributed by atoms with Gasteiger partial charge in [-0.15, -0.1) is 11.8 Å². The molecule has 2 N–H and O–H groups in total. The maximum Gasteiger partial charge on any atom is 0.290 e. The van der Waals surface area contributed by atoms with Crippen molar-refractivity contribution in [3.63, 3.8) is 0 Å². The quantitative estimate of drug-likeness (QED) is 0.555. The molecule has 5 heterocycles. The van der Waals surface area contributed by atoms with E-state index in [4.69, 9.17) is 4.98 Å². The Kier molecular flexibility index (Phi) is 7.27. The molecule has 0 saturated carbocycles. The number of thioether (sulfide) groups is 2. The lowest BCUT2D eigenvalue weighted by Crippen LogP contribution is -2.38. The highest BCUT2D eigenvalue weighted by molar-refractivity contribution is 8.18. The predicted molar refractivity (Wildman–Crippen MR) is 136 cm³/mol. The van der Waals surface area contributed by atoms with Crippen molar-refractivity contribution in [3.05, 3.63) is 63.9 Å². The Bertz CT molecular complexity index is 1120. The van der Waals surface area contributed by atoms with E-state index in [-0.39, 0.29) is 11.1 Å². The van der Waals surface area contributed by atoms with Gasteiger partial charge in [0.25, 0.3) is 11.1 Å². The molecule has 0 aromatic carbocycles. The second-order valence-corrected chi connectivity index (χ2v) is 10.6. The molecule has 5 rings (SSSR count). The van der Waals surface area contributed by atoms with Crippen LogP contribution in [0.2, 0.25) is 0 Å². The molecule has 0 bridgehead atoms. The first kappa shape index (κ1) is 23.1. The zero-order chi connectivity index (χ0) is 23.3. The summed E-state index contributed by atoms with van der Waals surface area (Å²) in [7, 11) is 0. The minimum Gasteiger partial charge on any atom is -0.341 e. The number of piperidine rings is 1. The van der Waals surface area contributed by atoms with E-state index in [0.29, 0.717) is 27.7 Å². The fraction of sp³-hybridized carbons (Fsp3) is 0.375. The summed E-state index contributed by atoms with van der Waals surface area (Å²) in [4.78, 5) is 39.5. The summed E-state index contributed by atoms with van der Waals surface area (Å²) in [6.07, 6.45) is 8.73. The summed E-state index contributed by atoms with van der Waals surface area (Å²) in [5, 5.41) is 8.12. The Balaban J connectivity index is 1.10. The van der Waals surface area contributed by atoms with Crippen molar-refractivity contribution in [1.29, 1.82) is 0 Å². The molecule has 34 heavy (non-hydrogen) atoms. The van der Waals surface area contributed by atoms with E-state index in [1.165, 1.54) is 5.69 Å². The number of imide groups is 1. The number of carbonyl (C=O) groups is 2. The fourth-order valence-corrected chi connectivity index (χ4v) is 5.81. The molecule has 10 heteroatoms. The molecule has 2 amide bonds. The highest BCUT2D eigenvalue weighted by atomic mass is 32.2. The van der Waals surface area contributed by atoms with Gasteiger partial charge in [0.1, 0.15) is 0 Å². The van der Waals surface area contributed by atoms with Crippen LogP contribution in [0, 0.1) is 5.92 Å². The van der Waals surface area contributed by atoms with Gasteiger partial charge in [0.15, 0.2) is 0 Å². The van der Waals surface area contributed by atoms with Crippen molar-refractivity contribution in [1.82, 2.24) is 25.6 Å². The summed E-state index contributed by atoms with van der Waals surface area (Å²) in [6, 6.07) is 8.07. The maximum atomic E-state index is 11.8. The maximum absolute atomic E-state index is 11.8. The Morgan fingerprint density at radius 2 is 2.06 bits per heavy atom. The first-order valence-corrected chi connectivity index (χ1v) is 13.2. The molecular weight excluding hydrogens is 468 g/mol. The second kappa shape index (κ2) is 10.7. The summed E-state index contributed by atoms with van der Waals surface area (Å²) in [5.41, 5.74) is 2.89. The molecule has 176 valence electrons. The van der Waals surface area contributed by atoms with Gasteiger partial charge in [-0.2, -0.15) is 0 Å². The van der Waals surface area contributed by atoms with Gasteiger partial charge >= 0.3 is 0 Å². The van der Waals surface area contributed by atoms with E-state index >= 15 is 0 Å². The van der Waals surface area contributed by atoms with Crippen LogP contribution in [0.1, 0.15) is 41.6 Å². The number of pyridine rings is 1. The zero-order valence-corrected chi connectivity index (χ0v) is 20.3. The van der Waals surface area contributed by atoms with Crippen LogP contribution in [-0.4, -0.2) is 45.7 Å². The van der Waals surface area contributed by atoms with Crippen molar-refractivity contribution in [2.75, 3.05) is 24.5 Å². The molecule has 3 aliphatic heterocycles. The zero-order valence-electron chi connectivity index (χ0n) is 18.6. The van der Waals surface area contributed by atoms with Gasteiger partial charge in [0.05, 0.1) is 27.2 Å². The van der Waals surface area contributed by atoms with Gasteiger partial charge in [-0.05, 0) is 73.2 Å². The van der Waals surface area contributed by atoms with Crippen LogP contribution in [0.5, 0.6) is 0 Å². The fourth-order valence-electron chi connectivity index (χ4n) is 4.24. The number of carbonyl (C=O) groups excluding carboxylic acids is 2. The van der Waals surface area contributed by atoms with Gasteiger partial charge in [-0.25, -0.2) is 9.97 Å². The van der Waals surface area contributed by atoms with Crippen molar-refractivity contribution < 1.29 is 9.59 Å². The Hall–Kier alpha value is -2.69. The average Bonchev–Trinajstić information content (AvgIpc) is 3.50. The van der Waals surface area contributed by atoms with E-state index in [1.807, 2.05) is 11.8 Å². The summed E-state index contributed by atoms with van der Waals surface area (Å²) in [6.45, 7) is 3.53. The minimum absolute atomic E-state index is 0.352. The third-order valence-electron chi connectivity index (χ3n) is 6.07. The lowest BCUT2D eigenvalue weighted by Gasteiger charge is -2.32. The van der Waals surface area contributed by atoms with Crippen LogP contribution in [0.25, 0.3) is 6.08 Å². The molecule has 0 spiro atoms. The van der Waals surface area contributed by atoms with Gasteiger partial charge in [0.2, 0.25) is 5.95 Å².